The van der Waals surface area contributed by atoms with Crippen molar-refractivity contribution < 1.29 is 18.0 Å². The Morgan fingerprint density at radius 3 is 2.17 bits per heavy atom. The maximum absolute atomic E-state index is 13.6. The Morgan fingerprint density at radius 2 is 1.66 bits per heavy atom. The average Bonchev–Trinajstić information content (AvgIpc) is 2.79. The Morgan fingerprint density at radius 1 is 1.03 bits per heavy atom. The van der Waals surface area contributed by atoms with Crippen LogP contribution in [0.2, 0.25) is 0 Å². The summed E-state index contributed by atoms with van der Waals surface area (Å²) in [7, 11) is -3.75. The lowest BCUT2D eigenvalue weighted by Crippen LogP contribution is -2.52. The molecule has 0 aromatic heterocycles. The molecule has 0 saturated carbocycles. The van der Waals surface area contributed by atoms with Gasteiger partial charge in [-0.3, -0.25) is 13.9 Å². The molecule has 0 aliphatic carbocycles. The number of rotatable bonds is 11. The average molecular weight is 567 g/mol. The number of amides is 2. The lowest BCUT2D eigenvalue weighted by Gasteiger charge is -2.32. The van der Waals surface area contributed by atoms with Crippen molar-refractivity contribution in [3.05, 3.63) is 64.1 Å². The Bertz CT molecular complexity index is 1120. The number of carbonyl (C=O) groups excluding carboxylic acids is 2. The van der Waals surface area contributed by atoms with Gasteiger partial charge < -0.3 is 10.2 Å². The Kier molecular flexibility index (Phi) is 10.3. The third kappa shape index (κ3) is 8.35. The van der Waals surface area contributed by atoms with Crippen LogP contribution in [0.15, 0.2) is 53.0 Å². The molecule has 9 heteroatoms. The summed E-state index contributed by atoms with van der Waals surface area (Å²) in [6.45, 7) is 9.39. The van der Waals surface area contributed by atoms with Crippen LogP contribution in [-0.4, -0.2) is 50.0 Å². The minimum Gasteiger partial charge on any atom is -0.352 e. The highest BCUT2D eigenvalue weighted by Gasteiger charge is 2.30. The second-order valence-electron chi connectivity index (χ2n) is 9.16. The van der Waals surface area contributed by atoms with Gasteiger partial charge in [0, 0.05) is 17.1 Å². The fraction of sp³-hybridized carbons (Fsp3) is 0.462. The van der Waals surface area contributed by atoms with E-state index >= 15 is 0 Å². The molecule has 2 aromatic carbocycles. The molecular weight excluding hydrogens is 530 g/mol. The van der Waals surface area contributed by atoms with Crippen molar-refractivity contribution in [2.45, 2.75) is 65.6 Å². The Balaban J connectivity index is 2.38. The van der Waals surface area contributed by atoms with E-state index in [0.717, 1.165) is 32.6 Å². The standard InChI is InChI=1S/C26H36BrN3O4S/c1-7-19(4)28-26(32)20(5)29(16-21-9-8-10-23(27)15-21)25(31)17-30(35(6,33)34)24-13-11-22(12-14-24)18(2)3/h8-15,18-20H,7,16-17H2,1-6H3,(H,28,32)/t19-,20+/m1/s1. The first-order valence-corrected chi connectivity index (χ1v) is 14.4. The summed E-state index contributed by atoms with van der Waals surface area (Å²) >= 11 is 3.44. The number of hydrogen-bond donors (Lipinski definition) is 1. The summed E-state index contributed by atoms with van der Waals surface area (Å²) in [4.78, 5) is 27.9. The maximum atomic E-state index is 13.6. The molecule has 0 saturated heterocycles. The van der Waals surface area contributed by atoms with Crippen LogP contribution in [0.1, 0.15) is 58.1 Å². The van der Waals surface area contributed by atoms with Crippen molar-refractivity contribution in [2.24, 2.45) is 0 Å². The molecule has 0 heterocycles. The van der Waals surface area contributed by atoms with Crippen molar-refractivity contribution in [3.63, 3.8) is 0 Å². The topological polar surface area (TPSA) is 86.8 Å². The highest BCUT2D eigenvalue weighted by atomic mass is 79.9. The quantitative estimate of drug-likeness (QED) is 0.429. The lowest BCUT2D eigenvalue weighted by molar-refractivity contribution is -0.139. The maximum Gasteiger partial charge on any atom is 0.244 e. The smallest absolute Gasteiger partial charge is 0.244 e. The highest BCUT2D eigenvalue weighted by Crippen LogP contribution is 2.23. The second kappa shape index (κ2) is 12.5. The van der Waals surface area contributed by atoms with E-state index in [0.29, 0.717) is 11.6 Å². The van der Waals surface area contributed by atoms with Gasteiger partial charge in [-0.05, 0) is 61.6 Å². The summed E-state index contributed by atoms with van der Waals surface area (Å²) in [6, 6.07) is 13.8. The predicted molar refractivity (Wildman–Crippen MR) is 145 cm³/mol. The number of nitrogens with zero attached hydrogens (tertiary/aromatic N) is 2. The van der Waals surface area contributed by atoms with Crippen molar-refractivity contribution in [3.8, 4) is 0 Å². The van der Waals surface area contributed by atoms with Crippen LogP contribution in [0.25, 0.3) is 0 Å². The third-order valence-corrected chi connectivity index (χ3v) is 7.57. The summed E-state index contributed by atoms with van der Waals surface area (Å²) in [5.74, 6) is -0.451. The summed E-state index contributed by atoms with van der Waals surface area (Å²) < 4.78 is 27.3. The minimum absolute atomic E-state index is 0.0419. The van der Waals surface area contributed by atoms with E-state index in [-0.39, 0.29) is 18.5 Å². The molecule has 0 aliphatic heterocycles. The second-order valence-corrected chi connectivity index (χ2v) is 12.0. The van der Waals surface area contributed by atoms with Gasteiger partial charge in [0.1, 0.15) is 12.6 Å². The molecule has 2 amide bonds. The van der Waals surface area contributed by atoms with Crippen molar-refractivity contribution in [1.29, 1.82) is 0 Å². The van der Waals surface area contributed by atoms with Gasteiger partial charge in [-0.25, -0.2) is 8.42 Å². The Labute approximate surface area is 218 Å². The molecule has 0 fully saturated rings. The molecule has 0 unspecified atom stereocenters. The zero-order valence-corrected chi connectivity index (χ0v) is 23.7. The van der Waals surface area contributed by atoms with E-state index in [1.165, 1.54) is 4.90 Å². The first-order valence-electron chi connectivity index (χ1n) is 11.7. The molecule has 192 valence electrons. The lowest BCUT2D eigenvalue weighted by atomic mass is 10.0. The summed E-state index contributed by atoms with van der Waals surface area (Å²) in [5, 5.41) is 2.92. The molecule has 7 nitrogen and oxygen atoms in total. The summed E-state index contributed by atoms with van der Waals surface area (Å²) in [6.07, 6.45) is 1.83. The van der Waals surface area contributed by atoms with Crippen LogP contribution >= 0.6 is 15.9 Å². The highest BCUT2D eigenvalue weighted by molar-refractivity contribution is 9.10. The monoisotopic (exact) mass is 565 g/mol. The van der Waals surface area contributed by atoms with E-state index < -0.39 is 28.5 Å². The first kappa shape index (κ1) is 28.8. The van der Waals surface area contributed by atoms with E-state index in [2.05, 4.69) is 35.1 Å². The fourth-order valence-electron chi connectivity index (χ4n) is 3.52. The van der Waals surface area contributed by atoms with E-state index in [1.54, 1.807) is 19.1 Å². The fourth-order valence-corrected chi connectivity index (χ4v) is 4.82. The van der Waals surface area contributed by atoms with Crippen LogP contribution in [0.3, 0.4) is 0 Å². The van der Waals surface area contributed by atoms with Crippen molar-refractivity contribution in [1.82, 2.24) is 10.2 Å². The number of benzene rings is 2. The minimum atomic E-state index is -3.75. The van der Waals surface area contributed by atoms with Crippen LogP contribution in [0, 0.1) is 0 Å². The van der Waals surface area contributed by atoms with E-state index in [9.17, 15) is 18.0 Å². The zero-order valence-electron chi connectivity index (χ0n) is 21.3. The molecule has 0 radical (unpaired) electrons. The van der Waals surface area contributed by atoms with Crippen LogP contribution in [0.4, 0.5) is 5.69 Å². The molecule has 2 atom stereocenters. The van der Waals surface area contributed by atoms with Crippen LogP contribution in [0.5, 0.6) is 0 Å². The van der Waals surface area contributed by atoms with Gasteiger partial charge in [0.25, 0.3) is 0 Å². The van der Waals surface area contributed by atoms with Gasteiger partial charge in [-0.15, -0.1) is 0 Å². The van der Waals surface area contributed by atoms with E-state index in [1.807, 2.05) is 50.2 Å². The molecule has 0 spiro atoms. The van der Waals surface area contributed by atoms with Gasteiger partial charge in [-0.1, -0.05) is 61.0 Å². The summed E-state index contributed by atoms with van der Waals surface area (Å²) in [5.41, 5.74) is 2.30. The van der Waals surface area contributed by atoms with Gasteiger partial charge in [0.2, 0.25) is 21.8 Å². The number of halogens is 1. The normalized spacial score (nSPS) is 13.3. The molecule has 35 heavy (non-hydrogen) atoms. The third-order valence-electron chi connectivity index (χ3n) is 5.94. The van der Waals surface area contributed by atoms with Gasteiger partial charge in [-0.2, -0.15) is 0 Å². The first-order chi connectivity index (χ1) is 16.3. The molecule has 0 bridgehead atoms. The molecular formula is C26H36BrN3O4S. The predicted octanol–water partition coefficient (Wildman–Crippen LogP) is 4.67. The van der Waals surface area contributed by atoms with E-state index in [4.69, 9.17) is 0 Å². The van der Waals surface area contributed by atoms with Crippen molar-refractivity contribution in [2.75, 3.05) is 17.1 Å². The zero-order chi connectivity index (χ0) is 26.3. The largest absolute Gasteiger partial charge is 0.352 e. The number of sulfonamides is 1. The number of nitrogens with one attached hydrogen (secondary N) is 1. The number of anilines is 1. The molecule has 2 rings (SSSR count). The van der Waals surface area contributed by atoms with Gasteiger partial charge >= 0.3 is 0 Å². The van der Waals surface area contributed by atoms with Crippen LogP contribution in [-0.2, 0) is 26.2 Å². The SMILES string of the molecule is CC[C@@H](C)NC(=O)[C@H](C)N(Cc1cccc(Br)c1)C(=O)CN(c1ccc(C(C)C)cc1)S(C)(=O)=O. The molecule has 2 aromatic rings. The Hall–Kier alpha value is -2.39. The molecule has 0 aliphatic rings. The van der Waals surface area contributed by atoms with Crippen molar-refractivity contribution >= 4 is 43.5 Å². The van der Waals surface area contributed by atoms with Gasteiger partial charge in [0.15, 0.2) is 0 Å². The molecule has 1 N–H and O–H groups in total. The number of carbonyl (C=O) groups is 2. The van der Waals surface area contributed by atoms with Gasteiger partial charge in [0.05, 0.1) is 11.9 Å². The van der Waals surface area contributed by atoms with Crippen LogP contribution < -0.4 is 9.62 Å². The number of hydrogen-bond acceptors (Lipinski definition) is 4.